The predicted molar refractivity (Wildman–Crippen MR) is 391 cm³/mol. The Hall–Kier alpha value is -11.7. The minimum atomic E-state index is -0.264. The van der Waals surface area contributed by atoms with Crippen molar-refractivity contribution >= 4 is 89.8 Å². The summed E-state index contributed by atoms with van der Waals surface area (Å²) in [6, 6.07) is 95.0. The molecule has 0 fully saturated rings. The van der Waals surface area contributed by atoms with E-state index in [0.717, 1.165) is 24.3 Å². The van der Waals surface area contributed by atoms with Gasteiger partial charge in [0.25, 0.3) is 0 Å². The Kier molecular flexibility index (Phi) is 32.6. The summed E-state index contributed by atoms with van der Waals surface area (Å²) >= 11 is 0. The van der Waals surface area contributed by atoms with Crippen LogP contribution in [0.1, 0.15) is 63.7 Å². The maximum atomic E-state index is 13.0. The van der Waals surface area contributed by atoms with Gasteiger partial charge in [0.2, 0.25) is 0 Å². The van der Waals surface area contributed by atoms with Crippen molar-refractivity contribution in [3.05, 3.63) is 421 Å². The van der Waals surface area contributed by atoms with E-state index in [-0.39, 0.29) is 134 Å². The van der Waals surface area contributed by atoms with Crippen LogP contribution < -0.4 is 30.6 Å². The topological polar surface area (TPSA) is 258 Å². The summed E-state index contributed by atoms with van der Waals surface area (Å²) in [5.41, 5.74) is 6.52. The summed E-state index contributed by atoms with van der Waals surface area (Å²) < 4.78 is 0. The minimum absolute atomic E-state index is 0. The van der Waals surface area contributed by atoms with E-state index in [0.29, 0.717) is 88.1 Å². The molecule has 1 aromatic heterocycles. The number of aromatic nitrogens is 4. The van der Waals surface area contributed by atoms with Gasteiger partial charge in [-0.05, 0) is 92.4 Å². The third-order valence-electron chi connectivity index (χ3n) is 14.8. The first-order valence-electron chi connectivity index (χ1n) is 31.9. The van der Waals surface area contributed by atoms with Gasteiger partial charge in [0, 0.05) is 47.0 Å². The van der Waals surface area contributed by atoms with Crippen LogP contribution in [0.2, 0.25) is 0 Å². The number of hydrogen-bond donors (Lipinski definition) is 0. The second kappa shape index (κ2) is 42.5. The number of carbonyl (C=O) groups is 4. The Morgan fingerprint density at radius 3 is 0.538 bits per heavy atom. The van der Waals surface area contributed by atoms with E-state index in [2.05, 4.69) is 19.9 Å². The van der Waals surface area contributed by atoms with Gasteiger partial charge >= 0.3 is 76.3 Å². The van der Waals surface area contributed by atoms with Gasteiger partial charge in [-0.3, -0.25) is 39.1 Å². The molecule has 0 saturated carbocycles. The zero-order chi connectivity index (χ0) is 71.7. The van der Waals surface area contributed by atoms with E-state index in [4.69, 9.17) is 0 Å². The van der Waals surface area contributed by atoms with Crippen LogP contribution >= 0.6 is 0 Å². The third kappa shape index (κ3) is 24.8. The fraction of sp³-hybridized carbons (Fsp3) is 0. The molecule has 13 aromatic rings. The number of hydrogen-bond acceptors (Lipinski definition) is 14. The molecule has 0 aliphatic carbocycles. The number of rotatable bonds is 12. The molecule has 13 rings (SSSR count). The van der Waals surface area contributed by atoms with Crippen LogP contribution in [-0.4, -0.2) is 43.1 Å². The average molecular weight is 1660 g/mol. The SMILES string of the molecule is O=C(/C=C(\[O-])c1ccccc1)c1ccccc1.O=C(/C=C(\[O-])c1ccccc1)c1ccccc1.O=C(/C=C(\[O-])c1ccccc1)c1ccccc1.O=C(/C=C(\[O-])c1ccccc1)c1ccccc1.[Dy+3].[Dy+3].[O-]c1c2cccc1cnc1ccccc1ncc1cccc(cnc3ccccc3nc2)c1[O-]. The second-order valence-electron chi connectivity index (χ2n) is 22.0. The van der Waals surface area contributed by atoms with E-state index in [9.17, 15) is 49.8 Å². The molecule has 0 unspecified atom stereocenters. The van der Waals surface area contributed by atoms with Crippen molar-refractivity contribution in [3.8, 4) is 11.5 Å². The van der Waals surface area contributed by atoms with E-state index in [1.807, 2.05) is 72.8 Å². The maximum absolute atomic E-state index is 13.0. The zero-order valence-electron chi connectivity index (χ0n) is 55.3. The van der Waals surface area contributed by atoms with E-state index in [1.165, 1.54) is 24.8 Å². The molecule has 14 nitrogen and oxygen atoms in total. The smallest absolute Gasteiger partial charge is 0.872 e. The quantitative estimate of drug-likeness (QED) is 0.0626. The van der Waals surface area contributed by atoms with E-state index < -0.39 is 0 Å². The summed E-state index contributed by atoms with van der Waals surface area (Å²) in [5.74, 6) is -2.47. The van der Waals surface area contributed by atoms with Crippen LogP contribution in [0, 0.1) is 76.3 Å². The molecule has 0 N–H and O–H groups in total. The number of carbonyl (C=O) groups excluding carboxylic acids is 4. The fourth-order valence-electron chi connectivity index (χ4n) is 9.44. The Bertz CT molecular complexity index is 4640. The van der Waals surface area contributed by atoms with Crippen LogP contribution in [0.15, 0.2) is 377 Å². The largest absolute Gasteiger partial charge is 3.00 e. The monoisotopic (exact) mass is 1660 g/mol. The number of benzene rings is 12. The molecule has 1 heterocycles. The summed E-state index contributed by atoms with van der Waals surface area (Å²) in [5, 5.41) is 74.7. The van der Waals surface area contributed by atoms with Crippen molar-refractivity contribution < 1.29 is 126 Å². The van der Waals surface area contributed by atoms with Gasteiger partial charge in [-0.15, -0.1) is 0 Å². The van der Waals surface area contributed by atoms with Crippen LogP contribution in [0.4, 0.5) is 0 Å². The van der Waals surface area contributed by atoms with Gasteiger partial charge in [0.1, 0.15) is 0 Å². The summed E-state index contributed by atoms with van der Waals surface area (Å²) in [4.78, 5) is 65.0. The molecule has 0 atom stereocenters. The number of fused-ring (bicyclic) bond motifs is 6. The molecule has 4 bridgehead atoms. The van der Waals surface area contributed by atoms with Crippen LogP contribution in [-0.2, 0) is 0 Å². The van der Waals surface area contributed by atoms with Crippen molar-refractivity contribution in [2.24, 2.45) is 0 Å². The molecule has 12 aromatic carbocycles. The van der Waals surface area contributed by atoms with Crippen LogP contribution in [0.5, 0.6) is 11.5 Å². The molecule has 0 aliphatic heterocycles. The molecule has 16 heteroatoms. The standard InChI is InChI=1S/C28H20N4O2.4C15H12O2.2Dy/c33-27-19-7-5-9-21(27)17-31-25-13-3-4-14-26(25)32-18-22-10-6-8-20(28(22)34)16-30-24-12-2-1-11-23(24)29-15-19;4*16-14(12-7-3-1-4-8-12)11-15(17)13-9-5-2-6-10-13;;/h1-18,33-34H;4*1-11,16H;;/q;;;;;2*+3/p-6/b;4*14-11-;;. The molecule has 104 heavy (non-hydrogen) atoms. The van der Waals surface area contributed by atoms with Crippen LogP contribution in [0.3, 0.4) is 0 Å². The normalized spacial score (nSPS) is 10.8. The van der Waals surface area contributed by atoms with Crippen LogP contribution in [0.25, 0.3) is 66.6 Å². The Morgan fingerprint density at radius 1 is 0.212 bits per heavy atom. The molecular formula is C88H62Dy2N4O10. The average Bonchev–Trinajstić information content (AvgIpc) is 0.836. The van der Waals surface area contributed by atoms with Crippen molar-refractivity contribution in [2.75, 3.05) is 0 Å². The Labute approximate surface area is 662 Å². The fourth-order valence-corrected chi connectivity index (χ4v) is 9.44. The van der Waals surface area contributed by atoms with Gasteiger partial charge in [-0.25, -0.2) is 0 Å². The molecule has 0 amide bonds. The minimum Gasteiger partial charge on any atom is -0.872 e. The second-order valence-corrected chi connectivity index (χ2v) is 22.0. The molecule has 514 valence electrons. The van der Waals surface area contributed by atoms with E-state index in [1.54, 1.807) is 255 Å². The third-order valence-corrected chi connectivity index (χ3v) is 14.8. The molecule has 0 spiro atoms. The van der Waals surface area contributed by atoms with Crippen molar-refractivity contribution in [2.45, 2.75) is 0 Å². The van der Waals surface area contributed by atoms with Gasteiger partial charge in [0.15, 0.2) is 23.1 Å². The van der Waals surface area contributed by atoms with Gasteiger partial charge in [-0.2, -0.15) is 0 Å². The van der Waals surface area contributed by atoms with Crippen molar-refractivity contribution in [3.63, 3.8) is 0 Å². The first kappa shape index (κ1) is 79.6. The van der Waals surface area contributed by atoms with Gasteiger partial charge < -0.3 is 30.6 Å². The number of allylic oxidation sites excluding steroid dienone is 4. The number of para-hydroxylation sites is 6. The predicted octanol–water partition coefficient (Wildman–Crippen LogP) is 13.9. The zero-order valence-corrected chi connectivity index (χ0v) is 59.4. The van der Waals surface area contributed by atoms with Crippen molar-refractivity contribution in [1.29, 1.82) is 0 Å². The first-order valence-corrected chi connectivity index (χ1v) is 31.9. The van der Waals surface area contributed by atoms with Gasteiger partial charge in [-0.1, -0.05) is 338 Å². The summed E-state index contributed by atoms with van der Waals surface area (Å²) in [6.45, 7) is 0. The van der Waals surface area contributed by atoms with Gasteiger partial charge in [0.05, 0.1) is 22.1 Å². The molecule has 0 saturated heterocycles. The Morgan fingerprint density at radius 2 is 0.365 bits per heavy atom. The Balaban J connectivity index is 0.000000188. The van der Waals surface area contributed by atoms with Crippen molar-refractivity contribution in [1.82, 2.24) is 19.9 Å². The molecule has 2 radical (unpaired) electrons. The number of ketones is 4. The van der Waals surface area contributed by atoms with E-state index >= 15 is 0 Å². The summed E-state index contributed by atoms with van der Waals surface area (Å²) in [7, 11) is 0. The summed E-state index contributed by atoms with van der Waals surface area (Å²) in [6.07, 6.45) is 10.6. The maximum Gasteiger partial charge on any atom is 3.00 e. The molecular weight excluding hydrogens is 1600 g/mol. The molecule has 0 aliphatic rings. The number of nitrogens with zero attached hydrogens (tertiary/aromatic N) is 4. The first-order chi connectivity index (χ1) is 49.8.